The zero-order valence-corrected chi connectivity index (χ0v) is 10.6. The topological polar surface area (TPSA) is 41.5 Å². The van der Waals surface area contributed by atoms with Crippen molar-refractivity contribution in [2.75, 3.05) is 5.32 Å². The van der Waals surface area contributed by atoms with Gasteiger partial charge in [-0.05, 0) is 62.4 Å². The molecule has 0 atom stereocenters. The van der Waals surface area contributed by atoms with Crippen LogP contribution in [0.25, 0.3) is 0 Å². The van der Waals surface area contributed by atoms with E-state index in [4.69, 9.17) is 4.74 Å². The molecular weight excluding hydrogens is 226 g/mol. The maximum Gasteiger partial charge on any atom is 0.127 e. The van der Waals surface area contributed by atoms with Crippen molar-refractivity contribution < 1.29 is 9.84 Å². The van der Waals surface area contributed by atoms with E-state index >= 15 is 0 Å². The normalized spacial score (nSPS) is 10.4. The molecule has 0 bridgehead atoms. The zero-order chi connectivity index (χ0) is 13.0. The number of hydrogen-bond donors (Lipinski definition) is 2. The highest BCUT2D eigenvalue weighted by atomic mass is 16.5. The maximum absolute atomic E-state index is 9.18. The molecule has 3 heteroatoms. The molecule has 0 aliphatic heterocycles. The number of rotatable bonds is 4. The molecule has 0 aromatic heterocycles. The number of phenolic OH excluding ortho intramolecular Hbond substituents is 1. The van der Waals surface area contributed by atoms with E-state index in [0.29, 0.717) is 11.8 Å². The average Bonchev–Trinajstić information content (AvgIpc) is 2.34. The van der Waals surface area contributed by atoms with E-state index < -0.39 is 0 Å². The largest absolute Gasteiger partial charge is 0.508 e. The predicted octanol–water partition coefficient (Wildman–Crippen LogP) is 4.00. The van der Waals surface area contributed by atoms with Gasteiger partial charge in [-0.1, -0.05) is 0 Å². The van der Waals surface area contributed by atoms with Crippen LogP contribution in [0.5, 0.6) is 17.2 Å². The summed E-state index contributed by atoms with van der Waals surface area (Å²) in [6.07, 6.45) is 0. The van der Waals surface area contributed by atoms with Crippen LogP contribution in [-0.4, -0.2) is 11.1 Å². The Bertz CT molecular complexity index is 489. The lowest BCUT2D eigenvalue weighted by molar-refractivity contribution is 0.464. The highest BCUT2D eigenvalue weighted by Crippen LogP contribution is 2.24. The predicted molar refractivity (Wildman–Crippen MR) is 73.4 cm³/mol. The van der Waals surface area contributed by atoms with Gasteiger partial charge in [0.2, 0.25) is 0 Å². The number of aromatic hydroxyl groups is 1. The molecule has 94 valence electrons. The lowest BCUT2D eigenvalue weighted by Crippen LogP contribution is -2.09. The van der Waals surface area contributed by atoms with Crippen molar-refractivity contribution >= 4 is 5.69 Å². The third-order valence-electron chi connectivity index (χ3n) is 2.38. The van der Waals surface area contributed by atoms with E-state index in [-0.39, 0.29) is 5.75 Å². The van der Waals surface area contributed by atoms with Crippen LogP contribution in [0.4, 0.5) is 5.69 Å². The number of benzene rings is 2. The zero-order valence-electron chi connectivity index (χ0n) is 10.6. The van der Waals surface area contributed by atoms with Gasteiger partial charge in [0.1, 0.15) is 17.2 Å². The monoisotopic (exact) mass is 243 g/mol. The van der Waals surface area contributed by atoms with Gasteiger partial charge in [-0.3, -0.25) is 0 Å². The van der Waals surface area contributed by atoms with Crippen LogP contribution in [0.1, 0.15) is 13.8 Å². The molecule has 0 heterocycles. The van der Waals surface area contributed by atoms with E-state index in [0.717, 1.165) is 11.4 Å². The Balaban J connectivity index is 2.04. The SMILES string of the molecule is CC(C)Nc1ccc(Oc2ccc(O)cc2)cc1. The van der Waals surface area contributed by atoms with Crippen LogP contribution < -0.4 is 10.1 Å². The van der Waals surface area contributed by atoms with Gasteiger partial charge in [-0.25, -0.2) is 0 Å². The van der Waals surface area contributed by atoms with E-state index in [1.807, 2.05) is 24.3 Å². The van der Waals surface area contributed by atoms with Crippen LogP contribution in [0, 0.1) is 0 Å². The molecule has 0 fully saturated rings. The smallest absolute Gasteiger partial charge is 0.127 e. The number of hydrogen-bond acceptors (Lipinski definition) is 3. The van der Waals surface area contributed by atoms with Crippen LogP contribution in [0.2, 0.25) is 0 Å². The third kappa shape index (κ3) is 3.42. The molecule has 0 radical (unpaired) electrons. The van der Waals surface area contributed by atoms with Crippen molar-refractivity contribution in [2.45, 2.75) is 19.9 Å². The Hall–Kier alpha value is -2.16. The minimum Gasteiger partial charge on any atom is -0.508 e. The second-order valence-corrected chi connectivity index (χ2v) is 4.42. The van der Waals surface area contributed by atoms with Gasteiger partial charge in [0, 0.05) is 11.7 Å². The first kappa shape index (κ1) is 12.3. The molecule has 2 N–H and O–H groups in total. The first-order valence-corrected chi connectivity index (χ1v) is 5.97. The summed E-state index contributed by atoms with van der Waals surface area (Å²) in [5.74, 6) is 1.71. The minimum absolute atomic E-state index is 0.235. The molecule has 0 unspecified atom stereocenters. The molecule has 2 aromatic rings. The fraction of sp³-hybridized carbons (Fsp3) is 0.200. The van der Waals surface area contributed by atoms with Crippen molar-refractivity contribution in [2.24, 2.45) is 0 Å². The van der Waals surface area contributed by atoms with Gasteiger partial charge in [-0.15, -0.1) is 0 Å². The molecule has 3 nitrogen and oxygen atoms in total. The van der Waals surface area contributed by atoms with E-state index in [2.05, 4.69) is 19.2 Å². The lowest BCUT2D eigenvalue weighted by Gasteiger charge is -2.11. The first-order valence-electron chi connectivity index (χ1n) is 5.97. The van der Waals surface area contributed by atoms with Crippen molar-refractivity contribution in [3.05, 3.63) is 48.5 Å². The lowest BCUT2D eigenvalue weighted by atomic mass is 10.2. The molecular formula is C15H17NO2. The van der Waals surface area contributed by atoms with Crippen molar-refractivity contribution in [3.63, 3.8) is 0 Å². The number of anilines is 1. The Morgan fingerprint density at radius 1 is 0.889 bits per heavy atom. The third-order valence-corrected chi connectivity index (χ3v) is 2.38. The van der Waals surface area contributed by atoms with Gasteiger partial charge in [0.05, 0.1) is 0 Å². The summed E-state index contributed by atoms with van der Waals surface area (Å²) in [5, 5.41) is 12.5. The second-order valence-electron chi connectivity index (χ2n) is 4.42. The molecule has 0 amide bonds. The number of phenols is 1. The van der Waals surface area contributed by atoms with Crippen LogP contribution >= 0.6 is 0 Å². The summed E-state index contributed by atoms with van der Waals surface area (Å²) in [6, 6.07) is 14.9. The second kappa shape index (κ2) is 5.45. The van der Waals surface area contributed by atoms with Gasteiger partial charge in [-0.2, -0.15) is 0 Å². The molecule has 0 spiro atoms. The highest BCUT2D eigenvalue weighted by Gasteiger charge is 1.99. The summed E-state index contributed by atoms with van der Waals surface area (Å²) in [6.45, 7) is 4.20. The van der Waals surface area contributed by atoms with Crippen molar-refractivity contribution in [3.8, 4) is 17.2 Å². The molecule has 0 aliphatic carbocycles. The number of ether oxygens (including phenoxy) is 1. The molecule has 0 saturated carbocycles. The Morgan fingerprint density at radius 2 is 1.39 bits per heavy atom. The summed E-state index contributed by atoms with van der Waals surface area (Å²) in [7, 11) is 0. The van der Waals surface area contributed by atoms with Crippen LogP contribution in [0.3, 0.4) is 0 Å². The summed E-state index contributed by atoms with van der Waals surface area (Å²) in [4.78, 5) is 0. The molecule has 0 aliphatic rings. The minimum atomic E-state index is 0.235. The highest BCUT2D eigenvalue weighted by molar-refractivity contribution is 5.47. The number of nitrogens with one attached hydrogen (secondary N) is 1. The van der Waals surface area contributed by atoms with Gasteiger partial charge in [0.15, 0.2) is 0 Å². The fourth-order valence-electron chi connectivity index (χ4n) is 1.60. The standard InChI is InChI=1S/C15H17NO2/c1-11(2)16-12-3-7-14(8-4-12)18-15-9-5-13(17)6-10-15/h3-11,16-17H,1-2H3. The summed E-state index contributed by atoms with van der Waals surface area (Å²) < 4.78 is 5.65. The summed E-state index contributed by atoms with van der Waals surface area (Å²) >= 11 is 0. The van der Waals surface area contributed by atoms with Gasteiger partial charge in [0.25, 0.3) is 0 Å². The Kier molecular flexibility index (Phi) is 3.72. The first-order chi connectivity index (χ1) is 8.63. The maximum atomic E-state index is 9.18. The van der Waals surface area contributed by atoms with E-state index in [9.17, 15) is 5.11 Å². The molecule has 18 heavy (non-hydrogen) atoms. The fourth-order valence-corrected chi connectivity index (χ4v) is 1.60. The Labute approximate surface area is 107 Å². The van der Waals surface area contributed by atoms with Crippen LogP contribution in [-0.2, 0) is 0 Å². The summed E-state index contributed by atoms with van der Waals surface area (Å²) in [5.41, 5.74) is 1.07. The van der Waals surface area contributed by atoms with E-state index in [1.165, 1.54) is 0 Å². The molecule has 0 saturated heterocycles. The van der Waals surface area contributed by atoms with E-state index in [1.54, 1.807) is 24.3 Å². The quantitative estimate of drug-likeness (QED) is 0.852. The Morgan fingerprint density at radius 3 is 1.89 bits per heavy atom. The van der Waals surface area contributed by atoms with Gasteiger partial charge >= 0.3 is 0 Å². The molecule has 2 aromatic carbocycles. The van der Waals surface area contributed by atoms with Gasteiger partial charge < -0.3 is 15.2 Å². The van der Waals surface area contributed by atoms with Crippen molar-refractivity contribution in [1.82, 2.24) is 0 Å². The van der Waals surface area contributed by atoms with Crippen LogP contribution in [0.15, 0.2) is 48.5 Å². The average molecular weight is 243 g/mol. The van der Waals surface area contributed by atoms with Crippen molar-refractivity contribution in [1.29, 1.82) is 0 Å². The molecule has 2 rings (SSSR count).